The van der Waals surface area contributed by atoms with Crippen LogP contribution in [0.3, 0.4) is 0 Å². The average molecular weight is 391 g/mol. The number of hydrogen-bond donors (Lipinski definition) is 0. The Morgan fingerprint density at radius 2 is 2.00 bits per heavy atom. The summed E-state index contributed by atoms with van der Waals surface area (Å²) in [7, 11) is 1.72. The molecule has 1 aromatic heterocycles. The van der Waals surface area contributed by atoms with Crippen LogP contribution >= 0.6 is 11.3 Å². The van der Waals surface area contributed by atoms with Gasteiger partial charge in [0.05, 0.1) is 17.7 Å². The van der Waals surface area contributed by atoms with Crippen molar-refractivity contribution in [3.05, 3.63) is 10.6 Å². The SMILES string of the molecule is CCCC1(CCC)Cc2nc(N3COCN(C)C3=O)sc2C(C#N)C1CC. The van der Waals surface area contributed by atoms with Gasteiger partial charge in [-0.25, -0.2) is 14.7 Å². The maximum Gasteiger partial charge on any atom is 0.329 e. The first-order valence-corrected chi connectivity index (χ1v) is 10.8. The molecule has 2 heterocycles. The first-order chi connectivity index (χ1) is 13.0. The van der Waals surface area contributed by atoms with Crippen molar-refractivity contribution in [1.82, 2.24) is 9.88 Å². The first-order valence-electron chi connectivity index (χ1n) is 10.0. The lowest BCUT2D eigenvalue weighted by molar-refractivity contribution is 0.0361. The number of carbonyl (C=O) groups is 1. The van der Waals surface area contributed by atoms with Crippen molar-refractivity contribution >= 4 is 22.5 Å². The van der Waals surface area contributed by atoms with Crippen molar-refractivity contribution in [1.29, 1.82) is 5.26 Å². The molecule has 148 valence electrons. The van der Waals surface area contributed by atoms with Crippen molar-refractivity contribution in [2.75, 3.05) is 25.4 Å². The molecule has 0 aromatic carbocycles. The number of fused-ring (bicyclic) bond motifs is 1. The van der Waals surface area contributed by atoms with Gasteiger partial charge in [-0.15, -0.1) is 0 Å². The van der Waals surface area contributed by atoms with Crippen molar-refractivity contribution in [3.8, 4) is 6.07 Å². The maximum atomic E-state index is 12.5. The fraction of sp³-hybridized carbons (Fsp3) is 0.750. The Hall–Kier alpha value is -1.65. The molecule has 1 aliphatic carbocycles. The molecule has 0 N–H and O–H groups in total. The average Bonchev–Trinajstić information content (AvgIpc) is 3.06. The fourth-order valence-corrected chi connectivity index (χ4v) is 6.22. The molecule has 27 heavy (non-hydrogen) atoms. The van der Waals surface area contributed by atoms with E-state index in [1.165, 1.54) is 11.3 Å². The van der Waals surface area contributed by atoms with E-state index in [0.29, 0.717) is 17.8 Å². The van der Waals surface area contributed by atoms with Gasteiger partial charge in [0.15, 0.2) is 5.13 Å². The summed E-state index contributed by atoms with van der Waals surface area (Å²) in [6.07, 6.45) is 6.39. The summed E-state index contributed by atoms with van der Waals surface area (Å²) in [5.41, 5.74) is 1.16. The van der Waals surface area contributed by atoms with E-state index < -0.39 is 0 Å². The molecule has 0 radical (unpaired) electrons. The molecule has 1 aliphatic heterocycles. The monoisotopic (exact) mass is 390 g/mol. The smallest absolute Gasteiger partial charge is 0.329 e. The standard InChI is InChI=1S/C20H30N4O2S/c1-5-8-20(9-6-2)10-16-17(14(11-21)15(20)7-3)27-18(22-16)24-13-26-12-23(4)19(24)25/h14-15H,5-10,12-13H2,1-4H3. The number of nitriles is 1. The molecule has 2 aliphatic rings. The third-order valence-electron chi connectivity index (χ3n) is 6.08. The molecular weight excluding hydrogens is 360 g/mol. The number of nitrogens with zero attached hydrogens (tertiary/aromatic N) is 4. The van der Waals surface area contributed by atoms with E-state index in [9.17, 15) is 10.1 Å². The van der Waals surface area contributed by atoms with E-state index in [-0.39, 0.29) is 24.1 Å². The highest BCUT2D eigenvalue weighted by Crippen LogP contribution is 2.55. The number of aromatic nitrogens is 1. The molecule has 0 spiro atoms. The Kier molecular flexibility index (Phi) is 6.07. The summed E-state index contributed by atoms with van der Waals surface area (Å²) < 4.78 is 5.50. The number of anilines is 1. The van der Waals surface area contributed by atoms with Gasteiger partial charge in [0.2, 0.25) is 0 Å². The highest BCUT2D eigenvalue weighted by molar-refractivity contribution is 7.16. The Morgan fingerprint density at radius 3 is 2.59 bits per heavy atom. The quantitative estimate of drug-likeness (QED) is 0.704. The molecular formula is C20H30N4O2S. The van der Waals surface area contributed by atoms with Crippen LogP contribution in [0.1, 0.15) is 69.4 Å². The molecule has 0 saturated carbocycles. The summed E-state index contributed by atoms with van der Waals surface area (Å²) in [6, 6.07) is 2.50. The molecule has 3 rings (SSSR count). The van der Waals surface area contributed by atoms with Gasteiger partial charge in [-0.2, -0.15) is 5.26 Å². The van der Waals surface area contributed by atoms with Gasteiger partial charge in [0.25, 0.3) is 0 Å². The Bertz CT molecular complexity index is 720. The lowest BCUT2D eigenvalue weighted by Crippen LogP contribution is -2.48. The maximum absolute atomic E-state index is 12.5. The third-order valence-corrected chi connectivity index (χ3v) is 7.28. The molecule has 1 saturated heterocycles. The van der Waals surface area contributed by atoms with Crippen LogP contribution in [-0.4, -0.2) is 36.4 Å². The number of thiazole rings is 1. The Labute approximate surface area is 166 Å². The van der Waals surface area contributed by atoms with Crippen molar-refractivity contribution in [2.24, 2.45) is 11.3 Å². The minimum Gasteiger partial charge on any atom is -0.340 e. The number of amides is 2. The van der Waals surface area contributed by atoms with Gasteiger partial charge in [-0.05, 0) is 30.6 Å². The van der Waals surface area contributed by atoms with E-state index in [2.05, 4.69) is 26.8 Å². The zero-order valence-corrected chi connectivity index (χ0v) is 17.6. The largest absolute Gasteiger partial charge is 0.340 e. The molecule has 6 nitrogen and oxygen atoms in total. The lowest BCUT2D eigenvalue weighted by Gasteiger charge is -2.46. The molecule has 0 bridgehead atoms. The fourth-order valence-electron chi connectivity index (χ4n) is 5.04. The predicted molar refractivity (Wildman–Crippen MR) is 107 cm³/mol. The lowest BCUT2D eigenvalue weighted by atomic mass is 9.58. The van der Waals surface area contributed by atoms with Crippen LogP contribution in [0.5, 0.6) is 0 Å². The van der Waals surface area contributed by atoms with Crippen LogP contribution < -0.4 is 4.90 Å². The molecule has 2 amide bonds. The second kappa shape index (κ2) is 8.15. The van der Waals surface area contributed by atoms with E-state index in [0.717, 1.165) is 49.1 Å². The summed E-state index contributed by atoms with van der Waals surface area (Å²) in [4.78, 5) is 21.6. The second-order valence-electron chi connectivity index (χ2n) is 7.84. The first kappa shape index (κ1) is 20.1. The number of hydrogen-bond acceptors (Lipinski definition) is 5. The predicted octanol–water partition coefficient (Wildman–Crippen LogP) is 4.72. The Balaban J connectivity index is 2.02. The van der Waals surface area contributed by atoms with Gasteiger partial charge >= 0.3 is 6.03 Å². The van der Waals surface area contributed by atoms with Crippen LogP contribution in [0.15, 0.2) is 0 Å². The third kappa shape index (κ3) is 3.45. The molecule has 1 fully saturated rings. The zero-order chi connectivity index (χ0) is 19.6. The van der Waals surface area contributed by atoms with E-state index >= 15 is 0 Å². The minimum atomic E-state index is -0.137. The molecule has 1 aromatic rings. The van der Waals surface area contributed by atoms with Crippen LogP contribution in [0.2, 0.25) is 0 Å². The zero-order valence-electron chi connectivity index (χ0n) is 16.8. The normalized spacial score (nSPS) is 24.6. The number of ether oxygens (including phenoxy) is 1. The van der Waals surface area contributed by atoms with Crippen molar-refractivity contribution < 1.29 is 9.53 Å². The Morgan fingerprint density at radius 1 is 1.30 bits per heavy atom. The van der Waals surface area contributed by atoms with Crippen molar-refractivity contribution in [3.63, 3.8) is 0 Å². The van der Waals surface area contributed by atoms with Crippen LogP contribution in [-0.2, 0) is 11.2 Å². The van der Waals surface area contributed by atoms with Gasteiger partial charge in [-0.1, -0.05) is 51.4 Å². The number of rotatable bonds is 6. The highest BCUT2D eigenvalue weighted by Gasteiger charge is 2.48. The van der Waals surface area contributed by atoms with Crippen molar-refractivity contribution in [2.45, 2.75) is 65.2 Å². The molecule has 2 atom stereocenters. The number of carbonyl (C=O) groups excluding carboxylic acids is 1. The number of urea groups is 1. The van der Waals surface area contributed by atoms with Gasteiger partial charge in [-0.3, -0.25) is 0 Å². The summed E-state index contributed by atoms with van der Waals surface area (Å²) in [5.74, 6) is 0.209. The highest BCUT2D eigenvalue weighted by atomic mass is 32.1. The second-order valence-corrected chi connectivity index (χ2v) is 8.85. The van der Waals surface area contributed by atoms with E-state index in [4.69, 9.17) is 9.72 Å². The minimum absolute atomic E-state index is 0.0960. The topological polar surface area (TPSA) is 69.5 Å². The van der Waals surface area contributed by atoms with Gasteiger partial charge in [0, 0.05) is 11.9 Å². The van der Waals surface area contributed by atoms with Crippen LogP contribution in [0.4, 0.5) is 9.93 Å². The van der Waals surface area contributed by atoms with Gasteiger partial charge in [0.1, 0.15) is 13.5 Å². The van der Waals surface area contributed by atoms with E-state index in [1.807, 2.05) is 0 Å². The van der Waals surface area contributed by atoms with Crippen LogP contribution in [0.25, 0.3) is 0 Å². The molecule has 2 unspecified atom stereocenters. The van der Waals surface area contributed by atoms with Gasteiger partial charge < -0.3 is 9.64 Å². The van der Waals surface area contributed by atoms with Crippen LogP contribution in [0, 0.1) is 22.7 Å². The molecule has 7 heteroatoms. The summed E-state index contributed by atoms with van der Waals surface area (Å²) in [5, 5.41) is 10.7. The summed E-state index contributed by atoms with van der Waals surface area (Å²) in [6.45, 7) is 7.19. The van der Waals surface area contributed by atoms with E-state index in [1.54, 1.807) is 16.8 Å². The summed E-state index contributed by atoms with van der Waals surface area (Å²) >= 11 is 1.50.